The first-order valence-corrected chi connectivity index (χ1v) is 8.34. The maximum Gasteiger partial charge on any atom is 0.0730 e. The Balaban J connectivity index is 2.22. The topological polar surface area (TPSA) is 0 Å². The van der Waals surface area contributed by atoms with Gasteiger partial charge in [-0.05, 0) is 58.7 Å². The maximum absolute atomic E-state index is 3.93. The van der Waals surface area contributed by atoms with E-state index < -0.39 is 0 Å². The van der Waals surface area contributed by atoms with Gasteiger partial charge in [-0.2, -0.15) is 0 Å². The van der Waals surface area contributed by atoms with E-state index in [0.717, 1.165) is 5.92 Å². The van der Waals surface area contributed by atoms with Gasteiger partial charge in [0.25, 0.3) is 0 Å². The van der Waals surface area contributed by atoms with Crippen LogP contribution in [0.3, 0.4) is 0 Å². The van der Waals surface area contributed by atoms with Crippen LogP contribution in [0.2, 0.25) is 0 Å². The van der Waals surface area contributed by atoms with Gasteiger partial charge in [-0.3, -0.25) is 0 Å². The molecule has 1 saturated carbocycles. The van der Waals surface area contributed by atoms with Crippen LogP contribution in [0.15, 0.2) is 9.85 Å². The van der Waals surface area contributed by atoms with Crippen molar-refractivity contribution in [2.24, 2.45) is 11.3 Å². The van der Waals surface area contributed by atoms with E-state index in [4.69, 9.17) is 0 Å². The van der Waals surface area contributed by atoms with Gasteiger partial charge in [0.1, 0.15) is 0 Å². The highest BCUT2D eigenvalue weighted by Crippen LogP contribution is 2.53. The van der Waals surface area contributed by atoms with Gasteiger partial charge >= 0.3 is 0 Å². The zero-order chi connectivity index (χ0) is 11.9. The van der Waals surface area contributed by atoms with Crippen LogP contribution in [0.25, 0.3) is 0 Å². The molecule has 0 bridgehead atoms. The molecular formula is C13H18Br2S. The molecule has 0 aromatic carbocycles. The third-order valence-corrected chi connectivity index (χ3v) is 7.50. The summed E-state index contributed by atoms with van der Waals surface area (Å²) >= 11 is 9.42. The molecule has 0 aliphatic heterocycles. The van der Waals surface area contributed by atoms with E-state index in [1.165, 1.54) is 33.5 Å². The summed E-state index contributed by atoms with van der Waals surface area (Å²) in [6, 6.07) is 2.32. The van der Waals surface area contributed by atoms with Crippen LogP contribution >= 0.6 is 43.2 Å². The molecule has 0 nitrogen and oxygen atoms in total. The second-order valence-electron chi connectivity index (χ2n) is 5.49. The zero-order valence-corrected chi connectivity index (χ0v) is 14.0. The fourth-order valence-corrected chi connectivity index (χ4v) is 5.72. The average Bonchev–Trinajstić information content (AvgIpc) is 2.70. The highest BCUT2D eigenvalue weighted by Gasteiger charge is 2.39. The van der Waals surface area contributed by atoms with E-state index in [0.29, 0.717) is 10.2 Å². The number of aryl methyl sites for hydroxylation is 1. The Morgan fingerprint density at radius 1 is 1.50 bits per heavy atom. The first-order valence-electron chi connectivity index (χ1n) is 5.82. The number of alkyl halides is 1. The molecule has 90 valence electrons. The molecule has 2 atom stereocenters. The van der Waals surface area contributed by atoms with E-state index >= 15 is 0 Å². The number of hydrogen-bond acceptors (Lipinski definition) is 1. The van der Waals surface area contributed by atoms with Crippen molar-refractivity contribution in [1.29, 1.82) is 0 Å². The summed E-state index contributed by atoms with van der Waals surface area (Å²) in [6.07, 6.45) is 4.11. The smallest absolute Gasteiger partial charge is 0.0730 e. The molecule has 3 heteroatoms. The number of thiophene rings is 1. The average molecular weight is 366 g/mol. The molecular weight excluding hydrogens is 348 g/mol. The van der Waals surface area contributed by atoms with Crippen LogP contribution in [0, 0.1) is 18.3 Å². The predicted molar refractivity (Wildman–Crippen MR) is 79.5 cm³/mol. The minimum atomic E-state index is 0.485. The van der Waals surface area contributed by atoms with Gasteiger partial charge in [-0.15, -0.1) is 11.3 Å². The van der Waals surface area contributed by atoms with Gasteiger partial charge in [0.15, 0.2) is 0 Å². The monoisotopic (exact) mass is 364 g/mol. The van der Waals surface area contributed by atoms with E-state index in [1.54, 1.807) is 0 Å². The predicted octanol–water partition coefficient (Wildman–Crippen LogP) is 6.08. The van der Waals surface area contributed by atoms with Crippen LogP contribution in [0.5, 0.6) is 0 Å². The Kier molecular flexibility index (Phi) is 3.88. The van der Waals surface area contributed by atoms with Crippen molar-refractivity contribution in [3.8, 4) is 0 Å². The first-order chi connectivity index (χ1) is 7.42. The van der Waals surface area contributed by atoms with Crippen LogP contribution in [-0.4, -0.2) is 0 Å². The van der Waals surface area contributed by atoms with Gasteiger partial charge in [0, 0.05) is 4.88 Å². The van der Waals surface area contributed by atoms with E-state index in [-0.39, 0.29) is 0 Å². The van der Waals surface area contributed by atoms with Crippen molar-refractivity contribution >= 4 is 43.2 Å². The van der Waals surface area contributed by atoms with Crippen molar-refractivity contribution in [2.75, 3.05) is 0 Å². The SMILES string of the molecule is Cc1cc(C(Br)C2CCCC2(C)C)sc1Br. The van der Waals surface area contributed by atoms with Gasteiger partial charge in [-0.25, -0.2) is 0 Å². The lowest BCUT2D eigenvalue weighted by Gasteiger charge is -2.30. The van der Waals surface area contributed by atoms with E-state index in [9.17, 15) is 0 Å². The molecule has 1 aliphatic rings. The van der Waals surface area contributed by atoms with Gasteiger partial charge < -0.3 is 0 Å². The molecule has 0 saturated heterocycles. The Morgan fingerprint density at radius 3 is 2.62 bits per heavy atom. The third-order valence-electron chi connectivity index (χ3n) is 3.84. The summed E-state index contributed by atoms with van der Waals surface area (Å²) in [5.41, 5.74) is 1.85. The molecule has 0 radical (unpaired) electrons. The van der Waals surface area contributed by atoms with E-state index in [1.807, 2.05) is 11.3 Å². The molecule has 2 rings (SSSR count). The Bertz CT molecular complexity index is 362. The molecule has 2 unspecified atom stereocenters. The lowest BCUT2D eigenvalue weighted by molar-refractivity contribution is 0.258. The van der Waals surface area contributed by atoms with Crippen molar-refractivity contribution in [3.63, 3.8) is 0 Å². The van der Waals surface area contributed by atoms with Crippen LogP contribution in [0.1, 0.15) is 48.4 Å². The maximum atomic E-state index is 3.93. The minimum Gasteiger partial charge on any atom is -0.132 e. The Labute approximate surface area is 119 Å². The summed E-state index contributed by atoms with van der Waals surface area (Å²) in [5.74, 6) is 0.775. The van der Waals surface area contributed by atoms with Gasteiger partial charge in [-0.1, -0.05) is 36.2 Å². The Morgan fingerprint density at radius 2 is 2.19 bits per heavy atom. The van der Waals surface area contributed by atoms with Crippen LogP contribution in [-0.2, 0) is 0 Å². The molecule has 0 N–H and O–H groups in total. The molecule has 1 heterocycles. The van der Waals surface area contributed by atoms with Crippen molar-refractivity contribution in [1.82, 2.24) is 0 Å². The highest BCUT2D eigenvalue weighted by atomic mass is 79.9. The fraction of sp³-hybridized carbons (Fsp3) is 0.692. The van der Waals surface area contributed by atoms with Crippen molar-refractivity contribution in [3.05, 3.63) is 20.3 Å². The number of hydrogen-bond donors (Lipinski definition) is 0. The second-order valence-corrected chi connectivity index (χ2v) is 8.88. The molecule has 0 amide bonds. The molecule has 1 aliphatic carbocycles. The lowest BCUT2D eigenvalue weighted by Crippen LogP contribution is -2.20. The molecule has 1 aromatic rings. The molecule has 16 heavy (non-hydrogen) atoms. The van der Waals surface area contributed by atoms with Crippen LogP contribution in [0.4, 0.5) is 0 Å². The van der Waals surface area contributed by atoms with E-state index in [2.05, 4.69) is 58.7 Å². The number of halogens is 2. The second kappa shape index (κ2) is 4.74. The number of rotatable bonds is 2. The Hall–Kier alpha value is 0.660. The summed E-state index contributed by atoms with van der Waals surface area (Å²) in [6.45, 7) is 6.99. The van der Waals surface area contributed by atoms with Gasteiger partial charge in [0.05, 0.1) is 8.61 Å². The molecule has 1 fully saturated rings. The van der Waals surface area contributed by atoms with Crippen molar-refractivity contribution < 1.29 is 0 Å². The zero-order valence-electron chi connectivity index (χ0n) is 10.0. The third kappa shape index (κ3) is 2.41. The lowest BCUT2D eigenvalue weighted by atomic mass is 9.79. The summed E-state index contributed by atoms with van der Waals surface area (Å²) in [7, 11) is 0. The first kappa shape index (κ1) is 13.1. The van der Waals surface area contributed by atoms with Crippen molar-refractivity contribution in [2.45, 2.75) is 44.9 Å². The quantitative estimate of drug-likeness (QED) is 0.557. The van der Waals surface area contributed by atoms with Crippen LogP contribution < -0.4 is 0 Å². The summed E-state index contributed by atoms with van der Waals surface area (Å²) in [4.78, 5) is 2.00. The minimum absolute atomic E-state index is 0.485. The largest absolute Gasteiger partial charge is 0.132 e. The molecule has 1 aromatic heterocycles. The summed E-state index contributed by atoms with van der Waals surface area (Å²) < 4.78 is 1.28. The standard InChI is InChI=1S/C13H18Br2S/c1-8-7-10(16-12(8)15)11(14)9-5-4-6-13(9,2)3/h7,9,11H,4-6H2,1-3H3. The van der Waals surface area contributed by atoms with Gasteiger partial charge in [0.2, 0.25) is 0 Å². The summed E-state index contributed by atoms with van der Waals surface area (Å²) in [5, 5.41) is 0. The molecule has 0 spiro atoms. The normalized spacial score (nSPS) is 25.9. The highest BCUT2D eigenvalue weighted by molar-refractivity contribution is 9.11. The fourth-order valence-electron chi connectivity index (χ4n) is 2.71.